The highest BCUT2D eigenvalue weighted by Crippen LogP contribution is 2.16. The van der Waals surface area contributed by atoms with Crippen molar-refractivity contribution >= 4 is 17.8 Å². The Labute approximate surface area is 134 Å². The fourth-order valence-corrected chi connectivity index (χ4v) is 1.88. The summed E-state index contributed by atoms with van der Waals surface area (Å²) in [6.07, 6.45) is 5.40. The molecule has 23 heavy (non-hydrogen) atoms. The zero-order chi connectivity index (χ0) is 16.8. The van der Waals surface area contributed by atoms with E-state index in [0.717, 1.165) is 5.56 Å². The van der Waals surface area contributed by atoms with Crippen molar-refractivity contribution in [1.82, 2.24) is 9.78 Å². The summed E-state index contributed by atoms with van der Waals surface area (Å²) in [6, 6.07) is 6.89. The van der Waals surface area contributed by atoms with Gasteiger partial charge in [-0.1, -0.05) is 18.2 Å². The summed E-state index contributed by atoms with van der Waals surface area (Å²) in [6.45, 7) is 4.11. The van der Waals surface area contributed by atoms with E-state index >= 15 is 0 Å². The molecule has 1 aromatic heterocycles. The van der Waals surface area contributed by atoms with Crippen molar-refractivity contribution in [3.8, 4) is 5.75 Å². The van der Waals surface area contributed by atoms with Crippen LogP contribution in [0.5, 0.6) is 5.75 Å². The number of aryl methyl sites for hydroxylation is 1. The third-order valence-electron chi connectivity index (χ3n) is 3.19. The number of aromatic nitrogens is 2. The average molecular weight is 314 g/mol. The molecule has 0 aliphatic carbocycles. The molecule has 6 heteroatoms. The number of ether oxygens (including phenoxy) is 1. The van der Waals surface area contributed by atoms with Gasteiger partial charge in [-0.05, 0) is 37.6 Å². The lowest BCUT2D eigenvalue weighted by molar-refractivity contribution is -0.144. The Morgan fingerprint density at radius 1 is 1.43 bits per heavy atom. The minimum atomic E-state index is -1.03. The van der Waals surface area contributed by atoms with Gasteiger partial charge in [-0.25, -0.2) is 4.79 Å². The maximum absolute atomic E-state index is 12.1. The third kappa shape index (κ3) is 4.54. The van der Waals surface area contributed by atoms with Crippen LogP contribution < -0.4 is 4.74 Å². The molecule has 0 amide bonds. The monoisotopic (exact) mass is 314 g/mol. The summed E-state index contributed by atoms with van der Waals surface area (Å²) in [5.41, 5.74) is 1.27. The number of carbonyl (C=O) groups excluding carboxylic acids is 1. The highest BCUT2D eigenvalue weighted by molar-refractivity contribution is 6.06. The second kappa shape index (κ2) is 7.40. The van der Waals surface area contributed by atoms with E-state index in [1.54, 1.807) is 41.2 Å². The summed E-state index contributed by atoms with van der Waals surface area (Å²) in [5.74, 6) is -0.739. The Morgan fingerprint density at radius 2 is 2.22 bits per heavy atom. The normalized spacial score (nSPS) is 12.3. The summed E-state index contributed by atoms with van der Waals surface area (Å²) in [7, 11) is 0. The van der Waals surface area contributed by atoms with Crippen LogP contribution in [-0.4, -0.2) is 32.7 Å². The number of hydrogen-bond donors (Lipinski definition) is 1. The van der Waals surface area contributed by atoms with Crippen LogP contribution >= 0.6 is 0 Å². The van der Waals surface area contributed by atoms with Gasteiger partial charge in [0, 0.05) is 12.7 Å². The molecule has 1 atom stereocenters. The van der Waals surface area contributed by atoms with E-state index in [1.165, 1.54) is 19.2 Å². The van der Waals surface area contributed by atoms with Crippen molar-refractivity contribution in [2.45, 2.75) is 26.5 Å². The van der Waals surface area contributed by atoms with E-state index in [2.05, 4.69) is 5.10 Å². The zero-order valence-electron chi connectivity index (χ0n) is 13.0. The molecular weight excluding hydrogens is 296 g/mol. The molecule has 1 aromatic carbocycles. The zero-order valence-corrected chi connectivity index (χ0v) is 13.0. The first-order valence-electron chi connectivity index (χ1n) is 7.24. The van der Waals surface area contributed by atoms with Crippen molar-refractivity contribution in [2.24, 2.45) is 0 Å². The predicted octanol–water partition coefficient (Wildman–Crippen LogP) is 2.65. The van der Waals surface area contributed by atoms with Crippen molar-refractivity contribution in [3.63, 3.8) is 0 Å². The summed E-state index contributed by atoms with van der Waals surface area (Å²) in [4.78, 5) is 22.8. The summed E-state index contributed by atoms with van der Waals surface area (Å²) in [5, 5.41) is 12.9. The second-order valence-electron chi connectivity index (χ2n) is 4.95. The number of benzene rings is 1. The number of hydrogen-bond acceptors (Lipinski definition) is 4. The number of nitrogens with zero attached hydrogens (tertiary/aromatic N) is 2. The molecule has 0 saturated carbocycles. The maximum atomic E-state index is 12.1. The quantitative estimate of drug-likeness (QED) is 0.627. The average Bonchev–Trinajstić information content (AvgIpc) is 3.02. The minimum Gasteiger partial charge on any atom is -0.479 e. The minimum absolute atomic E-state index is 0.144. The van der Waals surface area contributed by atoms with E-state index < -0.39 is 12.1 Å². The van der Waals surface area contributed by atoms with E-state index in [4.69, 9.17) is 9.84 Å². The predicted molar refractivity (Wildman–Crippen MR) is 85.4 cm³/mol. The standard InChI is InChI=1S/C17H18N2O4/c1-3-19-11-14(10-18-19)16(20)8-7-13-5-4-6-15(9-13)23-12(2)17(21)22/h4-12H,3H2,1-2H3,(H,21,22)/b8-7+/t12-/m0/s1. The Bertz CT molecular complexity index is 734. The molecule has 0 fully saturated rings. The number of carbonyl (C=O) groups is 2. The van der Waals surface area contributed by atoms with E-state index in [0.29, 0.717) is 17.9 Å². The van der Waals surface area contributed by atoms with Crippen LogP contribution in [0.4, 0.5) is 0 Å². The van der Waals surface area contributed by atoms with Crippen LogP contribution in [0, 0.1) is 0 Å². The fraction of sp³-hybridized carbons (Fsp3) is 0.235. The highest BCUT2D eigenvalue weighted by Gasteiger charge is 2.12. The van der Waals surface area contributed by atoms with Crippen LogP contribution in [0.15, 0.2) is 42.7 Å². The maximum Gasteiger partial charge on any atom is 0.344 e. The van der Waals surface area contributed by atoms with Gasteiger partial charge in [0.25, 0.3) is 0 Å². The summed E-state index contributed by atoms with van der Waals surface area (Å²) >= 11 is 0. The van der Waals surface area contributed by atoms with Gasteiger partial charge in [0.05, 0.1) is 11.8 Å². The van der Waals surface area contributed by atoms with Gasteiger partial charge >= 0.3 is 5.97 Å². The number of rotatable bonds is 7. The van der Waals surface area contributed by atoms with Gasteiger partial charge in [-0.3, -0.25) is 9.48 Å². The molecule has 1 N–H and O–H groups in total. The second-order valence-corrected chi connectivity index (χ2v) is 4.95. The first kappa shape index (κ1) is 16.5. The topological polar surface area (TPSA) is 81.4 Å². The van der Waals surface area contributed by atoms with Crippen LogP contribution in [0.3, 0.4) is 0 Å². The highest BCUT2D eigenvalue weighted by atomic mass is 16.5. The molecule has 0 bridgehead atoms. The first-order chi connectivity index (χ1) is 11.0. The largest absolute Gasteiger partial charge is 0.479 e. The number of allylic oxidation sites excluding steroid dienone is 1. The van der Waals surface area contributed by atoms with Crippen LogP contribution in [-0.2, 0) is 11.3 Å². The number of aliphatic carboxylic acids is 1. The van der Waals surface area contributed by atoms with Gasteiger partial charge in [0.2, 0.25) is 0 Å². The first-order valence-corrected chi connectivity index (χ1v) is 7.24. The molecule has 2 aromatic rings. The number of ketones is 1. The Morgan fingerprint density at radius 3 is 2.87 bits per heavy atom. The van der Waals surface area contributed by atoms with Crippen molar-refractivity contribution < 1.29 is 19.4 Å². The number of carboxylic acids is 1. The lowest BCUT2D eigenvalue weighted by Crippen LogP contribution is -2.22. The fourth-order valence-electron chi connectivity index (χ4n) is 1.88. The molecule has 120 valence electrons. The van der Waals surface area contributed by atoms with Gasteiger partial charge in [-0.2, -0.15) is 5.10 Å². The van der Waals surface area contributed by atoms with Crippen molar-refractivity contribution in [3.05, 3.63) is 53.9 Å². The molecule has 0 radical (unpaired) electrons. The Hall–Kier alpha value is -2.89. The molecule has 0 saturated heterocycles. The molecule has 0 aliphatic rings. The third-order valence-corrected chi connectivity index (χ3v) is 3.19. The van der Waals surface area contributed by atoms with Crippen molar-refractivity contribution in [2.75, 3.05) is 0 Å². The van der Waals surface area contributed by atoms with E-state index in [9.17, 15) is 9.59 Å². The van der Waals surface area contributed by atoms with Crippen LogP contribution in [0.2, 0.25) is 0 Å². The number of carboxylic acid groups (broad SMARTS) is 1. The van der Waals surface area contributed by atoms with Gasteiger partial charge in [-0.15, -0.1) is 0 Å². The Kier molecular flexibility index (Phi) is 5.30. The van der Waals surface area contributed by atoms with E-state index in [1.807, 2.05) is 6.92 Å². The lowest BCUT2D eigenvalue weighted by atomic mass is 10.1. The lowest BCUT2D eigenvalue weighted by Gasteiger charge is -2.10. The molecule has 2 rings (SSSR count). The van der Waals surface area contributed by atoms with E-state index in [-0.39, 0.29) is 5.78 Å². The smallest absolute Gasteiger partial charge is 0.344 e. The van der Waals surface area contributed by atoms with Crippen LogP contribution in [0.25, 0.3) is 6.08 Å². The molecular formula is C17H18N2O4. The van der Waals surface area contributed by atoms with Gasteiger partial charge < -0.3 is 9.84 Å². The molecule has 0 aliphatic heterocycles. The summed E-state index contributed by atoms with van der Waals surface area (Å²) < 4.78 is 6.98. The molecule has 1 heterocycles. The molecule has 6 nitrogen and oxygen atoms in total. The molecule has 0 unspecified atom stereocenters. The SMILES string of the molecule is CCn1cc(C(=O)/C=C/c2cccc(O[C@@H](C)C(=O)O)c2)cn1. The molecule has 0 spiro atoms. The van der Waals surface area contributed by atoms with Gasteiger partial charge in [0.15, 0.2) is 11.9 Å². The Balaban J connectivity index is 2.07. The van der Waals surface area contributed by atoms with Gasteiger partial charge in [0.1, 0.15) is 5.75 Å². The van der Waals surface area contributed by atoms with Crippen LogP contribution in [0.1, 0.15) is 29.8 Å². The van der Waals surface area contributed by atoms with Crippen molar-refractivity contribution in [1.29, 1.82) is 0 Å².